The molecule has 5 heteroatoms. The molecule has 0 spiro atoms. The Morgan fingerprint density at radius 1 is 1.43 bits per heavy atom. The van der Waals surface area contributed by atoms with Gasteiger partial charge in [-0.05, 0) is 23.5 Å². The van der Waals surface area contributed by atoms with Crippen LogP contribution in [0.3, 0.4) is 0 Å². The van der Waals surface area contributed by atoms with Gasteiger partial charge in [0.25, 0.3) is 0 Å². The fourth-order valence-corrected chi connectivity index (χ4v) is 2.34. The van der Waals surface area contributed by atoms with Crippen molar-refractivity contribution in [2.45, 2.75) is 53.0 Å². The highest BCUT2D eigenvalue weighted by atomic mass is 16.4. The molecule has 0 aliphatic carbocycles. The largest absolute Gasteiger partial charge is 0.409 e. The maximum Gasteiger partial charge on any atom is 0.189 e. The number of hydrogen-bond acceptors (Lipinski definition) is 4. The molecule has 0 amide bonds. The van der Waals surface area contributed by atoms with Crippen molar-refractivity contribution in [1.82, 2.24) is 10.3 Å². The second-order valence-electron chi connectivity index (χ2n) is 6.22. The third-order valence-corrected chi connectivity index (χ3v) is 3.62. The first-order valence-corrected chi connectivity index (χ1v) is 7.62. The molecule has 1 heterocycles. The maximum absolute atomic E-state index is 8.79. The van der Waals surface area contributed by atoms with Crippen LogP contribution in [0.1, 0.15) is 57.7 Å². The Morgan fingerprint density at radius 3 is 2.86 bits per heavy atom. The fourth-order valence-electron chi connectivity index (χ4n) is 2.34. The number of aromatic nitrogens is 1. The van der Waals surface area contributed by atoms with Crippen LogP contribution in [0.5, 0.6) is 0 Å². The number of nitrogens with one attached hydrogen (secondary N) is 1. The van der Waals surface area contributed by atoms with E-state index in [-0.39, 0.29) is 11.3 Å². The molecule has 0 unspecified atom stereocenters. The molecule has 0 saturated heterocycles. The van der Waals surface area contributed by atoms with Crippen LogP contribution in [-0.4, -0.2) is 22.6 Å². The Morgan fingerprint density at radius 2 is 2.19 bits per heavy atom. The zero-order valence-corrected chi connectivity index (χ0v) is 13.4. The quantitative estimate of drug-likeness (QED) is 0.215. The molecule has 0 aromatic carbocycles. The SMILES string of the molecule is CCCCCC(C)(C)CNCc1cccnc1/C(N)=N/O. The lowest BCUT2D eigenvalue weighted by atomic mass is 9.87. The molecule has 5 nitrogen and oxygen atoms in total. The van der Waals surface area contributed by atoms with E-state index in [9.17, 15) is 0 Å². The summed E-state index contributed by atoms with van der Waals surface area (Å²) in [6.07, 6.45) is 6.68. The highest BCUT2D eigenvalue weighted by molar-refractivity contribution is 5.96. The van der Waals surface area contributed by atoms with E-state index in [0.29, 0.717) is 12.2 Å². The first-order chi connectivity index (χ1) is 10.00. The summed E-state index contributed by atoms with van der Waals surface area (Å²) in [7, 11) is 0. The first kappa shape index (κ1) is 17.4. The van der Waals surface area contributed by atoms with E-state index < -0.39 is 0 Å². The van der Waals surface area contributed by atoms with Crippen LogP contribution >= 0.6 is 0 Å². The van der Waals surface area contributed by atoms with Gasteiger partial charge in [-0.3, -0.25) is 4.98 Å². The van der Waals surface area contributed by atoms with Crippen LogP contribution in [0, 0.1) is 5.41 Å². The van der Waals surface area contributed by atoms with Gasteiger partial charge in [0.2, 0.25) is 0 Å². The van der Waals surface area contributed by atoms with Crippen molar-refractivity contribution in [1.29, 1.82) is 0 Å². The fraction of sp³-hybridized carbons (Fsp3) is 0.625. The smallest absolute Gasteiger partial charge is 0.189 e. The van der Waals surface area contributed by atoms with E-state index in [1.165, 1.54) is 25.7 Å². The van der Waals surface area contributed by atoms with Gasteiger partial charge < -0.3 is 16.3 Å². The van der Waals surface area contributed by atoms with Crippen molar-refractivity contribution in [2.24, 2.45) is 16.3 Å². The van der Waals surface area contributed by atoms with Crippen LogP contribution in [0.25, 0.3) is 0 Å². The molecule has 4 N–H and O–H groups in total. The van der Waals surface area contributed by atoms with Gasteiger partial charge in [0.1, 0.15) is 5.69 Å². The summed E-state index contributed by atoms with van der Waals surface area (Å²) in [5.41, 5.74) is 7.40. The molecular weight excluding hydrogens is 264 g/mol. The molecule has 118 valence electrons. The molecule has 1 aromatic rings. The minimum Gasteiger partial charge on any atom is -0.409 e. The summed E-state index contributed by atoms with van der Waals surface area (Å²) < 4.78 is 0. The molecular formula is C16H28N4O. The Balaban J connectivity index is 2.52. The highest BCUT2D eigenvalue weighted by Gasteiger charge is 2.17. The van der Waals surface area contributed by atoms with Gasteiger partial charge in [-0.2, -0.15) is 0 Å². The molecule has 0 fully saturated rings. The molecule has 0 radical (unpaired) electrons. The summed E-state index contributed by atoms with van der Waals surface area (Å²) in [6, 6.07) is 3.80. The zero-order valence-electron chi connectivity index (χ0n) is 13.4. The lowest BCUT2D eigenvalue weighted by Crippen LogP contribution is -2.30. The number of amidine groups is 1. The van der Waals surface area contributed by atoms with E-state index in [1.807, 2.05) is 12.1 Å². The lowest BCUT2D eigenvalue weighted by Gasteiger charge is -2.25. The summed E-state index contributed by atoms with van der Waals surface area (Å²) in [5.74, 6) is 0.0506. The lowest BCUT2D eigenvalue weighted by molar-refractivity contribution is 0.301. The number of oxime groups is 1. The van der Waals surface area contributed by atoms with Crippen LogP contribution in [-0.2, 0) is 6.54 Å². The first-order valence-electron chi connectivity index (χ1n) is 7.62. The molecule has 0 atom stereocenters. The number of hydrogen-bond donors (Lipinski definition) is 3. The number of pyridine rings is 1. The second kappa shape index (κ2) is 8.62. The average molecular weight is 292 g/mol. The Bertz CT molecular complexity index is 457. The zero-order chi connectivity index (χ0) is 15.7. The topological polar surface area (TPSA) is 83.5 Å². The van der Waals surface area contributed by atoms with Crippen LogP contribution in [0.2, 0.25) is 0 Å². The summed E-state index contributed by atoms with van der Waals surface area (Å²) in [4.78, 5) is 4.17. The van der Waals surface area contributed by atoms with Gasteiger partial charge in [-0.1, -0.05) is 51.3 Å². The molecule has 0 bridgehead atoms. The van der Waals surface area contributed by atoms with Crippen molar-refractivity contribution < 1.29 is 5.21 Å². The second-order valence-corrected chi connectivity index (χ2v) is 6.22. The van der Waals surface area contributed by atoms with Crippen LogP contribution in [0.15, 0.2) is 23.5 Å². The Labute approximate surface area is 127 Å². The van der Waals surface area contributed by atoms with E-state index >= 15 is 0 Å². The minimum absolute atomic E-state index is 0.0506. The van der Waals surface area contributed by atoms with Crippen molar-refractivity contribution in [3.63, 3.8) is 0 Å². The molecule has 1 aromatic heterocycles. The number of rotatable bonds is 9. The molecule has 1 rings (SSSR count). The van der Waals surface area contributed by atoms with E-state index in [4.69, 9.17) is 10.9 Å². The van der Waals surface area contributed by atoms with Crippen LogP contribution in [0.4, 0.5) is 0 Å². The van der Waals surface area contributed by atoms with Gasteiger partial charge in [0, 0.05) is 19.3 Å². The van der Waals surface area contributed by atoms with Gasteiger partial charge >= 0.3 is 0 Å². The van der Waals surface area contributed by atoms with E-state index in [0.717, 1.165) is 12.1 Å². The number of unbranched alkanes of at least 4 members (excludes halogenated alkanes) is 2. The predicted molar refractivity (Wildman–Crippen MR) is 86.4 cm³/mol. The monoisotopic (exact) mass is 292 g/mol. The van der Waals surface area contributed by atoms with Gasteiger partial charge in [0.05, 0.1) is 0 Å². The van der Waals surface area contributed by atoms with Gasteiger partial charge in [0.15, 0.2) is 5.84 Å². The van der Waals surface area contributed by atoms with E-state index in [1.54, 1.807) is 6.20 Å². The summed E-state index contributed by atoms with van der Waals surface area (Å²) in [5, 5.41) is 15.3. The Kier molecular flexibility index (Phi) is 7.15. The molecule has 0 saturated carbocycles. The van der Waals surface area contributed by atoms with Gasteiger partial charge in [-0.15, -0.1) is 0 Å². The normalized spacial score (nSPS) is 12.6. The number of nitrogens with two attached hydrogens (primary N) is 1. The third kappa shape index (κ3) is 6.12. The van der Waals surface area contributed by atoms with Crippen molar-refractivity contribution in [3.8, 4) is 0 Å². The molecule has 0 aliphatic rings. The molecule has 21 heavy (non-hydrogen) atoms. The minimum atomic E-state index is 0.0506. The van der Waals surface area contributed by atoms with E-state index in [2.05, 4.69) is 36.2 Å². The van der Waals surface area contributed by atoms with Crippen molar-refractivity contribution in [3.05, 3.63) is 29.6 Å². The summed E-state index contributed by atoms with van der Waals surface area (Å²) in [6.45, 7) is 8.38. The maximum atomic E-state index is 8.79. The molecule has 0 aliphatic heterocycles. The van der Waals surface area contributed by atoms with Crippen LogP contribution < -0.4 is 11.1 Å². The highest BCUT2D eigenvalue weighted by Crippen LogP contribution is 2.22. The average Bonchev–Trinajstić information content (AvgIpc) is 2.47. The third-order valence-electron chi connectivity index (χ3n) is 3.62. The Hall–Kier alpha value is -1.62. The standard InChI is InChI=1S/C16H28N4O/c1-4-5-6-9-16(2,3)12-18-11-13-8-7-10-19-14(13)15(17)20-21/h7-8,10,18,21H,4-6,9,11-12H2,1-3H3,(H2,17,20). The summed E-state index contributed by atoms with van der Waals surface area (Å²) >= 11 is 0. The van der Waals surface area contributed by atoms with Crippen molar-refractivity contribution >= 4 is 5.84 Å². The predicted octanol–water partition coefficient (Wildman–Crippen LogP) is 2.87. The van der Waals surface area contributed by atoms with Gasteiger partial charge in [-0.25, -0.2) is 0 Å². The van der Waals surface area contributed by atoms with Crippen molar-refractivity contribution in [2.75, 3.05) is 6.54 Å². The number of nitrogens with zero attached hydrogens (tertiary/aromatic N) is 2.